The second-order valence-electron chi connectivity index (χ2n) is 5.26. The van der Waals surface area contributed by atoms with E-state index in [4.69, 9.17) is 0 Å². The molecule has 2 heteroatoms. The first-order chi connectivity index (χ1) is 7.98. The summed E-state index contributed by atoms with van der Waals surface area (Å²) in [6.07, 6.45) is 1.99. The van der Waals surface area contributed by atoms with Crippen LogP contribution in [0.5, 0.6) is 0 Å². The highest BCUT2D eigenvalue weighted by atomic mass is 32.1. The fourth-order valence-electron chi connectivity index (χ4n) is 1.69. The summed E-state index contributed by atoms with van der Waals surface area (Å²) in [6.45, 7) is 8.66. The molecule has 1 aromatic rings. The molecule has 1 heterocycles. The maximum absolute atomic E-state index is 3.37. The first kappa shape index (κ1) is 14.3. The van der Waals surface area contributed by atoms with Crippen molar-refractivity contribution in [2.45, 2.75) is 46.6 Å². The second kappa shape index (κ2) is 6.23. The van der Waals surface area contributed by atoms with Crippen LogP contribution in [0.2, 0.25) is 0 Å². The van der Waals surface area contributed by atoms with Crippen LogP contribution in [0, 0.1) is 17.3 Å². The van der Waals surface area contributed by atoms with E-state index in [9.17, 15) is 0 Å². The standard InChI is InChI=1S/C15H23NS/c1-6-12-9-11-17-14(12)13(16-5)8-7-10-15(2,3)4/h9,11,13,16H,6,8H2,1-5H3. The number of aryl methyl sites for hydroxylation is 1. The molecule has 1 aromatic heterocycles. The summed E-state index contributed by atoms with van der Waals surface area (Å²) >= 11 is 1.83. The van der Waals surface area contributed by atoms with Crippen molar-refractivity contribution in [1.29, 1.82) is 0 Å². The molecule has 0 bridgehead atoms. The minimum absolute atomic E-state index is 0.0985. The van der Waals surface area contributed by atoms with Crippen molar-refractivity contribution >= 4 is 11.3 Å². The lowest BCUT2D eigenvalue weighted by Crippen LogP contribution is -2.16. The molecule has 0 aromatic carbocycles. The van der Waals surface area contributed by atoms with Crippen molar-refractivity contribution in [1.82, 2.24) is 5.32 Å². The Morgan fingerprint density at radius 2 is 2.12 bits per heavy atom. The fourth-order valence-corrected chi connectivity index (χ4v) is 2.80. The van der Waals surface area contributed by atoms with Gasteiger partial charge >= 0.3 is 0 Å². The Hall–Kier alpha value is -0.780. The molecular formula is C15H23NS. The summed E-state index contributed by atoms with van der Waals surface area (Å²) in [5.74, 6) is 6.61. The molecule has 0 aliphatic carbocycles. The van der Waals surface area contributed by atoms with Crippen molar-refractivity contribution in [3.8, 4) is 11.8 Å². The maximum atomic E-state index is 3.37. The predicted octanol–water partition coefficient (Wildman–Crippen LogP) is 4.01. The number of rotatable bonds is 4. The van der Waals surface area contributed by atoms with Crippen LogP contribution in [-0.2, 0) is 6.42 Å². The molecule has 0 saturated carbocycles. The van der Waals surface area contributed by atoms with E-state index < -0.39 is 0 Å². The molecule has 0 aliphatic heterocycles. The van der Waals surface area contributed by atoms with Crippen LogP contribution in [-0.4, -0.2) is 7.05 Å². The Balaban J connectivity index is 2.75. The Kier molecular flexibility index (Phi) is 5.24. The van der Waals surface area contributed by atoms with Gasteiger partial charge in [0.25, 0.3) is 0 Å². The number of nitrogens with one attached hydrogen (secondary N) is 1. The van der Waals surface area contributed by atoms with Gasteiger partial charge in [0.05, 0.1) is 6.04 Å². The van der Waals surface area contributed by atoms with Gasteiger partial charge in [-0.05, 0) is 51.2 Å². The molecular weight excluding hydrogens is 226 g/mol. The van der Waals surface area contributed by atoms with E-state index in [-0.39, 0.29) is 5.41 Å². The third kappa shape index (κ3) is 4.53. The van der Waals surface area contributed by atoms with Crippen molar-refractivity contribution in [2.75, 3.05) is 7.05 Å². The molecule has 17 heavy (non-hydrogen) atoms. The first-order valence-electron chi connectivity index (χ1n) is 6.21. The lowest BCUT2D eigenvalue weighted by Gasteiger charge is -2.14. The van der Waals surface area contributed by atoms with E-state index in [0.717, 1.165) is 12.8 Å². The van der Waals surface area contributed by atoms with E-state index in [1.807, 2.05) is 18.4 Å². The first-order valence-corrected chi connectivity index (χ1v) is 7.09. The normalized spacial score (nSPS) is 13.0. The molecule has 0 amide bonds. The monoisotopic (exact) mass is 249 g/mol. The van der Waals surface area contributed by atoms with Crippen LogP contribution in [0.25, 0.3) is 0 Å². The summed E-state index contributed by atoms with van der Waals surface area (Å²) in [6, 6.07) is 2.60. The van der Waals surface area contributed by atoms with Gasteiger partial charge in [-0.1, -0.05) is 12.8 Å². The van der Waals surface area contributed by atoms with Crippen LogP contribution in [0.15, 0.2) is 11.4 Å². The average Bonchev–Trinajstić information content (AvgIpc) is 2.70. The van der Waals surface area contributed by atoms with Gasteiger partial charge in [-0.25, -0.2) is 0 Å². The molecule has 1 rings (SSSR count). The van der Waals surface area contributed by atoms with Gasteiger partial charge in [0.2, 0.25) is 0 Å². The Morgan fingerprint density at radius 3 is 2.65 bits per heavy atom. The van der Waals surface area contributed by atoms with Crippen molar-refractivity contribution in [3.63, 3.8) is 0 Å². The van der Waals surface area contributed by atoms with Gasteiger partial charge in [-0.2, -0.15) is 0 Å². The van der Waals surface area contributed by atoms with Crippen molar-refractivity contribution in [3.05, 3.63) is 21.9 Å². The van der Waals surface area contributed by atoms with Crippen molar-refractivity contribution < 1.29 is 0 Å². The van der Waals surface area contributed by atoms with Gasteiger partial charge in [-0.3, -0.25) is 0 Å². The van der Waals surface area contributed by atoms with Crippen LogP contribution in [0.4, 0.5) is 0 Å². The number of hydrogen-bond donors (Lipinski definition) is 1. The van der Waals surface area contributed by atoms with E-state index in [2.05, 4.69) is 56.3 Å². The third-order valence-corrected chi connectivity index (χ3v) is 3.67. The number of hydrogen-bond acceptors (Lipinski definition) is 2. The highest BCUT2D eigenvalue weighted by Gasteiger charge is 2.13. The lowest BCUT2D eigenvalue weighted by atomic mass is 9.97. The van der Waals surface area contributed by atoms with E-state index in [0.29, 0.717) is 6.04 Å². The molecule has 0 aliphatic rings. The van der Waals surface area contributed by atoms with Gasteiger partial charge in [-0.15, -0.1) is 17.3 Å². The topological polar surface area (TPSA) is 12.0 Å². The predicted molar refractivity (Wildman–Crippen MR) is 77.3 cm³/mol. The Morgan fingerprint density at radius 1 is 1.41 bits per heavy atom. The molecule has 94 valence electrons. The van der Waals surface area contributed by atoms with Crippen LogP contribution >= 0.6 is 11.3 Å². The Bertz CT molecular complexity index is 401. The zero-order valence-electron chi connectivity index (χ0n) is 11.6. The van der Waals surface area contributed by atoms with Gasteiger partial charge in [0, 0.05) is 16.7 Å². The third-order valence-electron chi connectivity index (χ3n) is 2.60. The molecule has 0 saturated heterocycles. The molecule has 1 nitrogen and oxygen atoms in total. The van der Waals surface area contributed by atoms with Gasteiger partial charge in [0.15, 0.2) is 0 Å². The smallest absolute Gasteiger partial charge is 0.0526 e. The fraction of sp³-hybridized carbons (Fsp3) is 0.600. The second-order valence-corrected chi connectivity index (χ2v) is 6.21. The lowest BCUT2D eigenvalue weighted by molar-refractivity contribution is 0.566. The molecule has 0 fully saturated rings. The molecule has 0 radical (unpaired) electrons. The number of thiophene rings is 1. The molecule has 1 unspecified atom stereocenters. The quantitative estimate of drug-likeness (QED) is 0.795. The van der Waals surface area contributed by atoms with Crippen LogP contribution < -0.4 is 5.32 Å². The minimum atomic E-state index is 0.0985. The summed E-state index contributed by atoms with van der Waals surface area (Å²) in [5.41, 5.74) is 1.55. The summed E-state index contributed by atoms with van der Waals surface area (Å²) in [7, 11) is 2.02. The molecule has 1 N–H and O–H groups in total. The van der Waals surface area contributed by atoms with E-state index >= 15 is 0 Å². The average molecular weight is 249 g/mol. The summed E-state index contributed by atoms with van der Waals surface area (Å²) in [5, 5.41) is 5.55. The SMILES string of the molecule is CCc1ccsc1C(CC#CC(C)(C)C)NC. The summed E-state index contributed by atoms with van der Waals surface area (Å²) in [4.78, 5) is 1.44. The largest absolute Gasteiger partial charge is 0.312 e. The van der Waals surface area contributed by atoms with Crippen LogP contribution in [0.1, 0.15) is 50.6 Å². The highest BCUT2D eigenvalue weighted by Crippen LogP contribution is 2.27. The van der Waals surface area contributed by atoms with Crippen molar-refractivity contribution in [2.24, 2.45) is 5.41 Å². The molecule has 0 spiro atoms. The van der Waals surface area contributed by atoms with Gasteiger partial charge < -0.3 is 5.32 Å². The van der Waals surface area contributed by atoms with E-state index in [1.165, 1.54) is 10.4 Å². The molecule has 1 atom stereocenters. The van der Waals surface area contributed by atoms with Gasteiger partial charge in [0.1, 0.15) is 0 Å². The summed E-state index contributed by atoms with van der Waals surface area (Å²) < 4.78 is 0. The highest BCUT2D eigenvalue weighted by molar-refractivity contribution is 7.10. The maximum Gasteiger partial charge on any atom is 0.0526 e. The zero-order chi connectivity index (χ0) is 12.9. The van der Waals surface area contributed by atoms with Crippen LogP contribution in [0.3, 0.4) is 0 Å². The zero-order valence-corrected chi connectivity index (χ0v) is 12.4. The van der Waals surface area contributed by atoms with E-state index in [1.54, 1.807) is 0 Å². The Labute approximate surface area is 110 Å². The minimum Gasteiger partial charge on any atom is -0.312 e.